The predicted octanol–water partition coefficient (Wildman–Crippen LogP) is 0.830. The van der Waals surface area contributed by atoms with Crippen molar-refractivity contribution in [2.24, 2.45) is 5.14 Å². The monoisotopic (exact) mass is 364 g/mol. The lowest BCUT2D eigenvalue weighted by atomic mass is 10.2. The molecule has 2 aromatic rings. The molecule has 0 bridgehead atoms. The first-order valence-electron chi connectivity index (χ1n) is 7.63. The third-order valence-corrected chi connectivity index (χ3v) is 4.93. The van der Waals surface area contributed by atoms with Crippen molar-refractivity contribution >= 4 is 21.7 Å². The molecule has 1 amide bonds. The Morgan fingerprint density at radius 1 is 1.04 bits per heavy atom. The van der Waals surface area contributed by atoms with Crippen molar-refractivity contribution < 1.29 is 17.6 Å². The van der Waals surface area contributed by atoms with E-state index in [0.29, 0.717) is 37.6 Å². The van der Waals surface area contributed by atoms with Crippen LogP contribution in [0.1, 0.15) is 10.4 Å². The summed E-state index contributed by atoms with van der Waals surface area (Å²) in [5, 5.41) is 5.05. The number of piperazine rings is 1. The van der Waals surface area contributed by atoms with Crippen LogP contribution in [0.15, 0.2) is 47.5 Å². The lowest BCUT2D eigenvalue weighted by Gasteiger charge is -2.35. The lowest BCUT2D eigenvalue weighted by Crippen LogP contribution is -2.49. The van der Waals surface area contributed by atoms with Crippen LogP contribution in [0, 0.1) is 5.82 Å². The van der Waals surface area contributed by atoms with Crippen molar-refractivity contribution in [1.29, 1.82) is 0 Å². The van der Waals surface area contributed by atoms with Crippen molar-refractivity contribution in [3.05, 3.63) is 54.0 Å². The molecule has 2 heterocycles. The van der Waals surface area contributed by atoms with E-state index in [0.717, 1.165) is 0 Å². The van der Waals surface area contributed by atoms with E-state index in [1.54, 1.807) is 11.0 Å². The number of anilines is 1. The molecule has 0 spiro atoms. The van der Waals surface area contributed by atoms with Gasteiger partial charge in [-0.1, -0.05) is 0 Å². The number of carbonyl (C=O) groups excluding carboxylic acids is 1. The molecule has 0 atom stereocenters. The summed E-state index contributed by atoms with van der Waals surface area (Å²) >= 11 is 0. The van der Waals surface area contributed by atoms with Crippen LogP contribution in [-0.4, -0.2) is 50.4 Å². The van der Waals surface area contributed by atoms with Crippen molar-refractivity contribution in [2.75, 3.05) is 31.1 Å². The number of nitrogens with zero attached hydrogens (tertiary/aromatic N) is 3. The van der Waals surface area contributed by atoms with Gasteiger partial charge < -0.3 is 9.80 Å². The normalized spacial score (nSPS) is 15.3. The van der Waals surface area contributed by atoms with E-state index in [2.05, 4.69) is 4.98 Å². The maximum absolute atomic E-state index is 12.9. The van der Waals surface area contributed by atoms with E-state index in [-0.39, 0.29) is 16.6 Å². The molecule has 1 fully saturated rings. The summed E-state index contributed by atoms with van der Waals surface area (Å²) in [6.45, 7) is 2.12. The van der Waals surface area contributed by atoms with Gasteiger partial charge in [0.05, 0.1) is 0 Å². The SMILES string of the molecule is NS(=O)(=O)c1ccc(N2CCN(C(=O)c3ccc(F)cc3)CC2)nc1. The summed E-state index contributed by atoms with van der Waals surface area (Å²) in [5.41, 5.74) is 0.450. The van der Waals surface area contributed by atoms with Gasteiger partial charge in [-0.25, -0.2) is 22.9 Å². The van der Waals surface area contributed by atoms with E-state index in [1.165, 1.54) is 36.5 Å². The summed E-state index contributed by atoms with van der Waals surface area (Å²) < 4.78 is 35.5. The third kappa shape index (κ3) is 3.94. The summed E-state index contributed by atoms with van der Waals surface area (Å²) in [5.74, 6) is 0.105. The molecule has 0 saturated carbocycles. The Bertz CT molecular complexity index is 861. The van der Waals surface area contributed by atoms with Crippen LogP contribution in [-0.2, 0) is 10.0 Å². The van der Waals surface area contributed by atoms with Crippen molar-refractivity contribution in [3.63, 3.8) is 0 Å². The highest BCUT2D eigenvalue weighted by atomic mass is 32.2. The predicted molar refractivity (Wildman–Crippen MR) is 90.1 cm³/mol. The van der Waals surface area contributed by atoms with E-state index in [1.807, 2.05) is 4.90 Å². The molecular formula is C16H17FN4O3S. The van der Waals surface area contributed by atoms with Gasteiger partial charge in [0.15, 0.2) is 0 Å². The van der Waals surface area contributed by atoms with E-state index < -0.39 is 10.0 Å². The first-order chi connectivity index (χ1) is 11.8. The second kappa shape index (κ2) is 6.77. The largest absolute Gasteiger partial charge is 0.353 e. The highest BCUT2D eigenvalue weighted by Crippen LogP contribution is 2.17. The van der Waals surface area contributed by atoms with Gasteiger partial charge in [-0.2, -0.15) is 0 Å². The number of benzene rings is 1. The maximum Gasteiger partial charge on any atom is 0.253 e. The quantitative estimate of drug-likeness (QED) is 0.870. The minimum absolute atomic E-state index is 0.0404. The fraction of sp³-hybridized carbons (Fsp3) is 0.250. The molecule has 3 rings (SSSR count). The average Bonchev–Trinajstić information content (AvgIpc) is 2.61. The zero-order chi connectivity index (χ0) is 18.0. The summed E-state index contributed by atoms with van der Waals surface area (Å²) in [6, 6.07) is 8.47. The van der Waals surface area contributed by atoms with E-state index in [4.69, 9.17) is 5.14 Å². The number of sulfonamides is 1. The molecule has 7 nitrogen and oxygen atoms in total. The molecule has 25 heavy (non-hydrogen) atoms. The molecule has 0 aliphatic carbocycles. The molecule has 1 aliphatic rings. The maximum atomic E-state index is 12.9. The zero-order valence-electron chi connectivity index (χ0n) is 13.3. The van der Waals surface area contributed by atoms with E-state index >= 15 is 0 Å². The van der Waals surface area contributed by atoms with Crippen LogP contribution in [0.2, 0.25) is 0 Å². The van der Waals surface area contributed by atoms with Crippen LogP contribution < -0.4 is 10.0 Å². The minimum atomic E-state index is -3.76. The Hall–Kier alpha value is -2.52. The van der Waals surface area contributed by atoms with Crippen molar-refractivity contribution in [2.45, 2.75) is 4.90 Å². The fourth-order valence-corrected chi connectivity index (χ4v) is 3.10. The highest BCUT2D eigenvalue weighted by Gasteiger charge is 2.23. The number of aromatic nitrogens is 1. The molecule has 1 aliphatic heterocycles. The Labute approximate surface area is 144 Å². The molecule has 0 radical (unpaired) electrons. The van der Waals surface area contributed by atoms with Gasteiger partial charge in [0, 0.05) is 37.9 Å². The number of primary sulfonamides is 1. The number of nitrogens with two attached hydrogens (primary N) is 1. The van der Waals surface area contributed by atoms with Crippen LogP contribution in [0.5, 0.6) is 0 Å². The van der Waals surface area contributed by atoms with Gasteiger partial charge in [-0.15, -0.1) is 0 Å². The van der Waals surface area contributed by atoms with Gasteiger partial charge in [0.25, 0.3) is 5.91 Å². The average molecular weight is 364 g/mol. The van der Waals surface area contributed by atoms with Crippen LogP contribution in [0.4, 0.5) is 10.2 Å². The fourth-order valence-electron chi connectivity index (χ4n) is 2.64. The third-order valence-electron chi connectivity index (χ3n) is 4.03. The van der Waals surface area contributed by atoms with Crippen LogP contribution in [0.25, 0.3) is 0 Å². The van der Waals surface area contributed by atoms with Gasteiger partial charge in [0.2, 0.25) is 10.0 Å². The zero-order valence-corrected chi connectivity index (χ0v) is 14.1. The number of halogens is 1. The summed E-state index contributed by atoms with van der Waals surface area (Å²) in [7, 11) is -3.76. The van der Waals surface area contributed by atoms with Crippen LogP contribution >= 0.6 is 0 Å². The van der Waals surface area contributed by atoms with E-state index in [9.17, 15) is 17.6 Å². The Morgan fingerprint density at radius 2 is 1.68 bits per heavy atom. The number of hydrogen-bond acceptors (Lipinski definition) is 5. The Kier molecular flexibility index (Phi) is 4.69. The first-order valence-corrected chi connectivity index (χ1v) is 9.18. The molecule has 2 N–H and O–H groups in total. The molecule has 1 aromatic carbocycles. The molecule has 132 valence electrons. The molecule has 1 saturated heterocycles. The number of hydrogen-bond donors (Lipinski definition) is 1. The second-order valence-corrected chi connectivity index (χ2v) is 7.24. The lowest BCUT2D eigenvalue weighted by molar-refractivity contribution is 0.0746. The van der Waals surface area contributed by atoms with Crippen molar-refractivity contribution in [1.82, 2.24) is 9.88 Å². The number of amides is 1. The topological polar surface area (TPSA) is 96.6 Å². The number of rotatable bonds is 3. The number of carbonyl (C=O) groups is 1. The summed E-state index contributed by atoms with van der Waals surface area (Å²) in [4.78, 5) is 20.1. The highest BCUT2D eigenvalue weighted by molar-refractivity contribution is 7.89. The van der Waals surface area contributed by atoms with Crippen molar-refractivity contribution in [3.8, 4) is 0 Å². The molecular weight excluding hydrogens is 347 g/mol. The Morgan fingerprint density at radius 3 is 2.20 bits per heavy atom. The first kappa shape index (κ1) is 17.3. The summed E-state index contributed by atoms with van der Waals surface area (Å²) in [6.07, 6.45) is 1.22. The molecule has 9 heteroatoms. The van der Waals surface area contributed by atoms with Gasteiger partial charge in [0.1, 0.15) is 16.5 Å². The molecule has 1 aromatic heterocycles. The smallest absolute Gasteiger partial charge is 0.253 e. The van der Waals surface area contributed by atoms with Gasteiger partial charge in [-0.3, -0.25) is 4.79 Å². The second-order valence-electron chi connectivity index (χ2n) is 5.68. The standard InChI is InChI=1S/C16H17FN4O3S/c17-13-3-1-12(2-4-13)16(22)21-9-7-20(8-10-21)15-6-5-14(11-19-15)25(18,23)24/h1-6,11H,7-10H2,(H2,18,23,24). The van der Waals surface area contributed by atoms with Crippen LogP contribution in [0.3, 0.4) is 0 Å². The number of pyridine rings is 1. The van der Waals surface area contributed by atoms with Gasteiger partial charge >= 0.3 is 0 Å². The molecule has 0 unspecified atom stereocenters. The Balaban J connectivity index is 1.63. The van der Waals surface area contributed by atoms with Gasteiger partial charge in [-0.05, 0) is 36.4 Å². The minimum Gasteiger partial charge on any atom is -0.353 e.